The van der Waals surface area contributed by atoms with Gasteiger partial charge < -0.3 is 9.47 Å². The topological polar surface area (TPSA) is 35.5 Å². The molecular formula is C10H17F3O3. The van der Waals surface area contributed by atoms with E-state index in [0.717, 1.165) is 20.0 Å². The Hall–Kier alpha value is -0.780. The highest BCUT2D eigenvalue weighted by Gasteiger charge is 2.46. The molecule has 0 N–H and O–H groups in total. The molecule has 0 rings (SSSR count). The van der Waals surface area contributed by atoms with Gasteiger partial charge in [0.15, 0.2) is 0 Å². The highest BCUT2D eigenvalue weighted by Crippen LogP contribution is 2.23. The van der Waals surface area contributed by atoms with E-state index in [1.807, 2.05) is 13.8 Å². The van der Waals surface area contributed by atoms with E-state index >= 15 is 0 Å². The number of alkyl halides is 3. The molecule has 0 aliphatic rings. The second-order valence-corrected chi connectivity index (χ2v) is 3.68. The quantitative estimate of drug-likeness (QED) is 0.671. The first-order valence-electron chi connectivity index (χ1n) is 5.09. The van der Waals surface area contributed by atoms with E-state index in [2.05, 4.69) is 9.47 Å². The van der Waals surface area contributed by atoms with Crippen LogP contribution in [0.15, 0.2) is 0 Å². The maximum absolute atomic E-state index is 12.2. The first-order valence-corrected chi connectivity index (χ1v) is 5.09. The molecule has 0 heterocycles. The first-order chi connectivity index (χ1) is 7.32. The van der Waals surface area contributed by atoms with Gasteiger partial charge in [0.2, 0.25) is 0 Å². The summed E-state index contributed by atoms with van der Waals surface area (Å²) < 4.78 is 45.3. The largest absolute Gasteiger partial charge is 0.463 e. The molecule has 0 aliphatic heterocycles. The number of carbonyl (C=O) groups excluding carboxylic acids is 1. The predicted octanol–water partition coefficient (Wildman–Crippen LogP) is 2.54. The molecule has 0 aromatic heterocycles. The minimum atomic E-state index is -4.72. The highest BCUT2D eigenvalue weighted by atomic mass is 19.4. The van der Waals surface area contributed by atoms with Crippen LogP contribution in [0.1, 0.15) is 26.7 Å². The summed E-state index contributed by atoms with van der Waals surface area (Å²) in [6.45, 7) is 3.75. The van der Waals surface area contributed by atoms with Crippen molar-refractivity contribution in [3.05, 3.63) is 0 Å². The van der Waals surface area contributed by atoms with Gasteiger partial charge in [-0.05, 0) is 12.3 Å². The van der Waals surface area contributed by atoms with Crippen molar-refractivity contribution in [3.63, 3.8) is 0 Å². The number of halogens is 3. The van der Waals surface area contributed by atoms with Crippen LogP contribution in [0.5, 0.6) is 0 Å². The lowest BCUT2D eigenvalue weighted by Gasteiger charge is -2.18. The number of carbonyl (C=O) groups is 1. The van der Waals surface area contributed by atoms with Crippen LogP contribution in [0.2, 0.25) is 0 Å². The Kier molecular flexibility index (Phi) is 6.40. The van der Waals surface area contributed by atoms with Crippen molar-refractivity contribution in [3.8, 4) is 0 Å². The molecule has 0 aromatic rings. The molecule has 6 heteroatoms. The number of methoxy groups -OCH3 is 1. The molecule has 0 fully saturated rings. The van der Waals surface area contributed by atoms with Gasteiger partial charge in [-0.3, -0.25) is 0 Å². The molecule has 96 valence electrons. The first kappa shape index (κ1) is 15.2. The van der Waals surface area contributed by atoms with Crippen molar-refractivity contribution < 1.29 is 27.4 Å². The summed E-state index contributed by atoms with van der Waals surface area (Å²) in [7, 11) is 0.828. The molecule has 2 atom stereocenters. The van der Waals surface area contributed by atoms with Crippen LogP contribution in [0.3, 0.4) is 0 Å². The molecule has 0 spiro atoms. The SMILES string of the molecule is CCCC(C)COC(=O)C(OC)C(F)(F)F. The van der Waals surface area contributed by atoms with Gasteiger partial charge in [0.25, 0.3) is 6.10 Å². The summed E-state index contributed by atoms with van der Waals surface area (Å²) in [6.07, 6.45) is -5.51. The van der Waals surface area contributed by atoms with Gasteiger partial charge in [-0.25, -0.2) is 4.79 Å². The number of rotatable bonds is 6. The Morgan fingerprint density at radius 1 is 1.38 bits per heavy atom. The molecule has 2 unspecified atom stereocenters. The maximum atomic E-state index is 12.2. The number of hydrogen-bond donors (Lipinski definition) is 0. The lowest BCUT2D eigenvalue weighted by atomic mass is 10.1. The molecule has 0 radical (unpaired) electrons. The molecule has 0 amide bonds. The zero-order valence-electron chi connectivity index (χ0n) is 9.63. The third-order valence-electron chi connectivity index (χ3n) is 2.04. The smallest absolute Gasteiger partial charge is 0.425 e. The molecule has 3 nitrogen and oxygen atoms in total. The number of hydrogen-bond acceptors (Lipinski definition) is 3. The van der Waals surface area contributed by atoms with Gasteiger partial charge in [0.1, 0.15) is 0 Å². The van der Waals surface area contributed by atoms with E-state index in [-0.39, 0.29) is 12.5 Å². The average molecular weight is 242 g/mol. The van der Waals surface area contributed by atoms with E-state index in [1.165, 1.54) is 0 Å². The van der Waals surface area contributed by atoms with E-state index in [4.69, 9.17) is 0 Å². The second-order valence-electron chi connectivity index (χ2n) is 3.68. The van der Waals surface area contributed by atoms with Crippen molar-refractivity contribution in [1.82, 2.24) is 0 Å². The van der Waals surface area contributed by atoms with Gasteiger partial charge >= 0.3 is 12.1 Å². The monoisotopic (exact) mass is 242 g/mol. The predicted molar refractivity (Wildman–Crippen MR) is 51.9 cm³/mol. The van der Waals surface area contributed by atoms with Gasteiger partial charge in [-0.15, -0.1) is 0 Å². The number of esters is 1. The Morgan fingerprint density at radius 3 is 2.31 bits per heavy atom. The molecule has 0 saturated heterocycles. The molecule has 0 aliphatic carbocycles. The zero-order valence-corrected chi connectivity index (χ0v) is 9.63. The van der Waals surface area contributed by atoms with E-state index < -0.39 is 18.2 Å². The number of ether oxygens (including phenoxy) is 2. The molecular weight excluding hydrogens is 225 g/mol. The van der Waals surface area contributed by atoms with Crippen LogP contribution < -0.4 is 0 Å². The fourth-order valence-corrected chi connectivity index (χ4v) is 1.24. The van der Waals surface area contributed by atoms with E-state index in [0.29, 0.717) is 0 Å². The lowest BCUT2D eigenvalue weighted by Crippen LogP contribution is -2.40. The van der Waals surface area contributed by atoms with Crippen LogP contribution in [0.25, 0.3) is 0 Å². The Morgan fingerprint density at radius 2 is 1.94 bits per heavy atom. The summed E-state index contributed by atoms with van der Waals surface area (Å²) >= 11 is 0. The van der Waals surface area contributed by atoms with E-state index in [9.17, 15) is 18.0 Å². The fourth-order valence-electron chi connectivity index (χ4n) is 1.24. The van der Waals surface area contributed by atoms with Crippen LogP contribution in [0, 0.1) is 5.92 Å². The Balaban J connectivity index is 4.13. The summed E-state index contributed by atoms with van der Waals surface area (Å²) in [6, 6.07) is 0. The van der Waals surface area contributed by atoms with Gasteiger partial charge in [0, 0.05) is 7.11 Å². The molecule has 0 aromatic carbocycles. The average Bonchev–Trinajstić information content (AvgIpc) is 2.14. The van der Waals surface area contributed by atoms with Crippen molar-refractivity contribution >= 4 is 5.97 Å². The Labute approximate surface area is 92.9 Å². The standard InChI is InChI=1S/C10H17F3O3/c1-4-5-7(2)6-16-9(14)8(15-3)10(11,12)13/h7-8H,4-6H2,1-3H3. The van der Waals surface area contributed by atoms with Crippen LogP contribution in [-0.4, -0.2) is 32.0 Å². The second kappa shape index (κ2) is 6.73. The van der Waals surface area contributed by atoms with Crippen LogP contribution in [0.4, 0.5) is 13.2 Å². The lowest BCUT2D eigenvalue weighted by molar-refractivity contribution is -0.224. The summed E-state index contributed by atoms with van der Waals surface area (Å²) in [5, 5.41) is 0. The van der Waals surface area contributed by atoms with Crippen molar-refractivity contribution in [2.75, 3.05) is 13.7 Å². The third-order valence-corrected chi connectivity index (χ3v) is 2.04. The van der Waals surface area contributed by atoms with Crippen molar-refractivity contribution in [2.24, 2.45) is 5.92 Å². The molecule has 0 bridgehead atoms. The molecule has 0 saturated carbocycles. The zero-order chi connectivity index (χ0) is 12.8. The minimum Gasteiger partial charge on any atom is -0.463 e. The third kappa shape index (κ3) is 5.34. The van der Waals surface area contributed by atoms with Crippen LogP contribution >= 0.6 is 0 Å². The Bertz CT molecular complexity index is 216. The van der Waals surface area contributed by atoms with Crippen molar-refractivity contribution in [1.29, 1.82) is 0 Å². The minimum absolute atomic E-state index is 0.0113. The maximum Gasteiger partial charge on any atom is 0.425 e. The van der Waals surface area contributed by atoms with Crippen molar-refractivity contribution in [2.45, 2.75) is 39.0 Å². The van der Waals surface area contributed by atoms with Crippen LogP contribution in [-0.2, 0) is 14.3 Å². The molecule has 16 heavy (non-hydrogen) atoms. The summed E-state index contributed by atoms with van der Waals surface area (Å²) in [5.41, 5.74) is 0. The fraction of sp³-hybridized carbons (Fsp3) is 0.900. The van der Waals surface area contributed by atoms with Gasteiger partial charge in [0.05, 0.1) is 6.61 Å². The highest BCUT2D eigenvalue weighted by molar-refractivity contribution is 5.75. The summed E-state index contributed by atoms with van der Waals surface area (Å²) in [5.74, 6) is -1.32. The van der Waals surface area contributed by atoms with Gasteiger partial charge in [-0.1, -0.05) is 20.3 Å². The van der Waals surface area contributed by atoms with E-state index in [1.54, 1.807) is 0 Å². The van der Waals surface area contributed by atoms with Gasteiger partial charge in [-0.2, -0.15) is 13.2 Å². The summed E-state index contributed by atoms with van der Waals surface area (Å²) in [4.78, 5) is 11.1. The normalized spacial score (nSPS) is 15.6.